The van der Waals surface area contributed by atoms with Gasteiger partial charge in [-0.3, -0.25) is 14.8 Å². The Morgan fingerprint density at radius 2 is 2.14 bits per heavy atom. The summed E-state index contributed by atoms with van der Waals surface area (Å²) in [5, 5.41) is 0.491. The van der Waals surface area contributed by atoms with E-state index in [0.717, 1.165) is 5.69 Å². The molecule has 6 heteroatoms. The Bertz CT molecular complexity index is 622. The Balaban J connectivity index is 2.03. The minimum atomic E-state index is -0.582. The third kappa shape index (κ3) is 4.18. The van der Waals surface area contributed by atoms with E-state index in [0.29, 0.717) is 23.7 Å². The summed E-state index contributed by atoms with van der Waals surface area (Å²) in [6.07, 6.45) is 4.81. The molecule has 2 rings (SSSR count). The summed E-state index contributed by atoms with van der Waals surface area (Å²) in [6.45, 7) is 2.28. The van der Waals surface area contributed by atoms with Crippen LogP contribution in [-0.4, -0.2) is 33.9 Å². The molecule has 0 bridgehead atoms. The molecule has 0 spiro atoms. The van der Waals surface area contributed by atoms with Crippen molar-refractivity contribution in [1.29, 1.82) is 0 Å². The minimum absolute atomic E-state index is 0.118. The van der Waals surface area contributed by atoms with Crippen LogP contribution >= 0.6 is 11.6 Å². The van der Waals surface area contributed by atoms with Crippen LogP contribution in [0.4, 0.5) is 0 Å². The molecule has 0 saturated heterocycles. The molecule has 0 radical (unpaired) electrons. The zero-order chi connectivity index (χ0) is 15.9. The first-order valence-corrected chi connectivity index (χ1v) is 7.40. The summed E-state index contributed by atoms with van der Waals surface area (Å²) in [4.78, 5) is 22.2. The Kier molecular flexibility index (Phi) is 5.72. The first-order valence-electron chi connectivity index (χ1n) is 7.03. The van der Waals surface area contributed by atoms with Gasteiger partial charge in [-0.1, -0.05) is 30.7 Å². The molecule has 0 N–H and O–H groups in total. The average Bonchev–Trinajstić information content (AvgIpc) is 2.54. The highest BCUT2D eigenvalue weighted by atomic mass is 35.5. The largest absolute Gasteiger partial charge is 0.479 e. The summed E-state index contributed by atoms with van der Waals surface area (Å²) >= 11 is 6.07. The Hall–Kier alpha value is -2.14. The monoisotopic (exact) mass is 319 g/mol. The van der Waals surface area contributed by atoms with E-state index >= 15 is 0 Å². The van der Waals surface area contributed by atoms with E-state index in [9.17, 15) is 4.79 Å². The predicted molar refractivity (Wildman–Crippen MR) is 84.7 cm³/mol. The molecule has 0 unspecified atom stereocenters. The maximum Gasteiger partial charge on any atom is 0.263 e. The van der Waals surface area contributed by atoms with Crippen molar-refractivity contribution in [2.24, 2.45) is 0 Å². The van der Waals surface area contributed by atoms with Gasteiger partial charge in [0, 0.05) is 19.4 Å². The fourth-order valence-corrected chi connectivity index (χ4v) is 2.16. The second kappa shape index (κ2) is 7.75. The highest BCUT2D eigenvalue weighted by molar-refractivity contribution is 6.32. The number of para-hydroxylation sites is 1. The first kappa shape index (κ1) is 16.2. The molecule has 22 heavy (non-hydrogen) atoms. The molecule has 0 aliphatic heterocycles. The van der Waals surface area contributed by atoms with Gasteiger partial charge >= 0.3 is 0 Å². The summed E-state index contributed by atoms with van der Waals surface area (Å²) in [6, 6.07) is 7.12. The summed E-state index contributed by atoms with van der Waals surface area (Å²) < 4.78 is 5.76. The molecule has 116 valence electrons. The SMILES string of the molecule is CC[C@@H](Oc1ccccc1Cl)C(=O)N(C)Cc1cnccn1. The zero-order valence-electron chi connectivity index (χ0n) is 12.6. The molecular formula is C16H18ClN3O2. The van der Waals surface area contributed by atoms with Crippen LogP contribution in [-0.2, 0) is 11.3 Å². The van der Waals surface area contributed by atoms with Crippen LogP contribution in [0.2, 0.25) is 5.02 Å². The van der Waals surface area contributed by atoms with E-state index in [1.165, 1.54) is 0 Å². The average molecular weight is 320 g/mol. The molecule has 2 aromatic rings. The lowest BCUT2D eigenvalue weighted by atomic mass is 10.2. The lowest BCUT2D eigenvalue weighted by Crippen LogP contribution is -2.39. The van der Waals surface area contributed by atoms with Crippen LogP contribution in [0.3, 0.4) is 0 Å². The molecule has 1 aromatic carbocycles. The maximum atomic E-state index is 12.5. The molecule has 0 aliphatic rings. The second-order valence-electron chi connectivity index (χ2n) is 4.84. The third-order valence-electron chi connectivity index (χ3n) is 3.14. The quantitative estimate of drug-likeness (QED) is 0.821. The topological polar surface area (TPSA) is 55.3 Å². The summed E-state index contributed by atoms with van der Waals surface area (Å²) in [7, 11) is 1.72. The number of carbonyl (C=O) groups is 1. The van der Waals surface area contributed by atoms with Crippen molar-refractivity contribution in [3.05, 3.63) is 53.6 Å². The van der Waals surface area contributed by atoms with Gasteiger partial charge in [0.1, 0.15) is 5.75 Å². The molecule has 1 atom stereocenters. The van der Waals surface area contributed by atoms with Crippen LogP contribution in [0.1, 0.15) is 19.0 Å². The number of halogens is 1. The number of likely N-dealkylation sites (N-methyl/N-ethyl adjacent to an activating group) is 1. The smallest absolute Gasteiger partial charge is 0.263 e. The standard InChI is InChI=1S/C16H18ClN3O2/c1-3-14(22-15-7-5-4-6-13(15)17)16(21)20(2)11-12-10-18-8-9-19-12/h4-10,14H,3,11H2,1-2H3/t14-/m1/s1. The maximum absolute atomic E-state index is 12.5. The van der Waals surface area contributed by atoms with E-state index in [4.69, 9.17) is 16.3 Å². The Morgan fingerprint density at radius 1 is 1.36 bits per heavy atom. The van der Waals surface area contributed by atoms with Gasteiger partial charge in [-0.05, 0) is 18.6 Å². The number of ether oxygens (including phenoxy) is 1. The number of carbonyl (C=O) groups excluding carboxylic acids is 1. The van der Waals surface area contributed by atoms with Crippen LogP contribution in [0.25, 0.3) is 0 Å². The molecule has 1 amide bonds. The molecule has 5 nitrogen and oxygen atoms in total. The molecule has 0 saturated carbocycles. The van der Waals surface area contributed by atoms with Crippen molar-refractivity contribution in [3.8, 4) is 5.75 Å². The van der Waals surface area contributed by atoms with Gasteiger partial charge in [0.25, 0.3) is 5.91 Å². The zero-order valence-corrected chi connectivity index (χ0v) is 13.3. The number of hydrogen-bond donors (Lipinski definition) is 0. The van der Waals surface area contributed by atoms with Crippen molar-refractivity contribution < 1.29 is 9.53 Å². The fraction of sp³-hybridized carbons (Fsp3) is 0.312. The molecule has 1 aromatic heterocycles. The van der Waals surface area contributed by atoms with Crippen molar-refractivity contribution >= 4 is 17.5 Å². The number of benzene rings is 1. The molecular weight excluding hydrogens is 302 g/mol. The lowest BCUT2D eigenvalue weighted by molar-refractivity contribution is -0.138. The van der Waals surface area contributed by atoms with Gasteiger partial charge in [-0.2, -0.15) is 0 Å². The van der Waals surface area contributed by atoms with Crippen LogP contribution in [0.15, 0.2) is 42.9 Å². The highest BCUT2D eigenvalue weighted by Crippen LogP contribution is 2.25. The second-order valence-corrected chi connectivity index (χ2v) is 5.24. The van der Waals surface area contributed by atoms with E-state index in [2.05, 4.69) is 9.97 Å². The number of aromatic nitrogens is 2. The van der Waals surface area contributed by atoms with Crippen molar-refractivity contribution in [1.82, 2.24) is 14.9 Å². The normalized spacial score (nSPS) is 11.8. The molecule has 1 heterocycles. The van der Waals surface area contributed by atoms with Crippen molar-refractivity contribution in [3.63, 3.8) is 0 Å². The van der Waals surface area contributed by atoms with E-state index in [1.807, 2.05) is 19.1 Å². The number of amides is 1. The van der Waals surface area contributed by atoms with Gasteiger partial charge in [0.2, 0.25) is 0 Å². The van der Waals surface area contributed by atoms with Gasteiger partial charge in [0.15, 0.2) is 6.10 Å². The Morgan fingerprint density at radius 3 is 2.77 bits per heavy atom. The molecule has 0 fully saturated rings. The van der Waals surface area contributed by atoms with Crippen molar-refractivity contribution in [2.45, 2.75) is 26.0 Å². The number of hydrogen-bond acceptors (Lipinski definition) is 4. The summed E-state index contributed by atoms with van der Waals surface area (Å²) in [5.74, 6) is 0.394. The predicted octanol–water partition coefficient (Wildman–Crippen LogP) is 2.95. The summed E-state index contributed by atoms with van der Waals surface area (Å²) in [5.41, 5.74) is 0.728. The fourth-order valence-electron chi connectivity index (χ4n) is 1.98. The lowest BCUT2D eigenvalue weighted by Gasteiger charge is -2.23. The molecule has 0 aliphatic carbocycles. The van der Waals surface area contributed by atoms with E-state index in [-0.39, 0.29) is 5.91 Å². The van der Waals surface area contributed by atoms with E-state index in [1.54, 1.807) is 42.7 Å². The van der Waals surface area contributed by atoms with Gasteiger partial charge in [0.05, 0.1) is 23.5 Å². The van der Waals surface area contributed by atoms with Gasteiger partial charge in [-0.25, -0.2) is 0 Å². The highest BCUT2D eigenvalue weighted by Gasteiger charge is 2.23. The van der Waals surface area contributed by atoms with Crippen LogP contribution < -0.4 is 4.74 Å². The minimum Gasteiger partial charge on any atom is -0.479 e. The van der Waals surface area contributed by atoms with Gasteiger partial charge < -0.3 is 9.64 Å². The van der Waals surface area contributed by atoms with Crippen LogP contribution in [0, 0.1) is 0 Å². The third-order valence-corrected chi connectivity index (χ3v) is 3.46. The van der Waals surface area contributed by atoms with Crippen molar-refractivity contribution in [2.75, 3.05) is 7.05 Å². The van der Waals surface area contributed by atoms with Gasteiger partial charge in [-0.15, -0.1) is 0 Å². The Labute approximate surface area is 134 Å². The first-order chi connectivity index (χ1) is 10.6. The van der Waals surface area contributed by atoms with Crippen LogP contribution in [0.5, 0.6) is 5.75 Å². The van der Waals surface area contributed by atoms with E-state index < -0.39 is 6.10 Å². The number of nitrogens with zero attached hydrogens (tertiary/aromatic N) is 3. The number of rotatable bonds is 6.